The normalized spacial score (nSPS) is 15.7. The molecule has 1 unspecified atom stereocenters. The fourth-order valence-electron chi connectivity index (χ4n) is 3.76. The summed E-state index contributed by atoms with van der Waals surface area (Å²) in [5.74, 6) is 0.337. The maximum absolute atomic E-state index is 12.8. The predicted octanol–water partition coefficient (Wildman–Crippen LogP) is 5.54. The van der Waals surface area contributed by atoms with Crippen molar-refractivity contribution < 1.29 is 14.0 Å². The molecule has 0 aliphatic heterocycles. The number of halogens is 1. The molecule has 8 heteroatoms. The summed E-state index contributed by atoms with van der Waals surface area (Å²) in [6.07, 6.45) is 3.97. The Bertz CT molecular complexity index is 1260. The minimum Gasteiger partial charge on any atom is -0.457 e. The van der Waals surface area contributed by atoms with Crippen LogP contribution in [0.4, 0.5) is 5.00 Å². The summed E-state index contributed by atoms with van der Waals surface area (Å²) in [7, 11) is 0. The molecule has 3 N–H and O–H groups in total. The minimum absolute atomic E-state index is 0.128. The zero-order valence-corrected chi connectivity index (χ0v) is 19.7. The van der Waals surface area contributed by atoms with E-state index in [1.54, 1.807) is 12.1 Å². The molecule has 32 heavy (non-hydrogen) atoms. The topological polar surface area (TPSA) is 109 Å². The molecule has 2 heterocycles. The molecular weight excluding hydrogens is 490 g/mol. The summed E-state index contributed by atoms with van der Waals surface area (Å²) in [5, 5.41) is 12.7. The van der Waals surface area contributed by atoms with Gasteiger partial charge in [-0.05, 0) is 55.0 Å². The number of thiophene rings is 1. The Hall–Kier alpha value is -3.15. The summed E-state index contributed by atoms with van der Waals surface area (Å²) in [6.45, 7) is 2.16. The number of nitriles is 1. The molecule has 0 radical (unpaired) electrons. The zero-order chi connectivity index (χ0) is 22.8. The maximum Gasteiger partial charge on any atom is 0.267 e. The van der Waals surface area contributed by atoms with Crippen molar-refractivity contribution in [3.8, 4) is 17.4 Å². The lowest BCUT2D eigenvalue weighted by Crippen LogP contribution is -2.19. The molecule has 162 valence electrons. The fourth-order valence-corrected chi connectivity index (χ4v) is 5.44. The van der Waals surface area contributed by atoms with Gasteiger partial charge in [-0.15, -0.1) is 11.3 Å². The van der Waals surface area contributed by atoms with Gasteiger partial charge < -0.3 is 15.5 Å². The van der Waals surface area contributed by atoms with Gasteiger partial charge >= 0.3 is 0 Å². The smallest absolute Gasteiger partial charge is 0.267 e. The number of furan rings is 1. The van der Waals surface area contributed by atoms with E-state index in [1.165, 1.54) is 17.4 Å². The molecule has 1 aromatic carbocycles. The molecule has 0 fully saturated rings. The number of hydrogen-bond donors (Lipinski definition) is 2. The maximum atomic E-state index is 12.8. The predicted molar refractivity (Wildman–Crippen MR) is 128 cm³/mol. The first kappa shape index (κ1) is 22.1. The van der Waals surface area contributed by atoms with Gasteiger partial charge in [0.1, 0.15) is 28.2 Å². The van der Waals surface area contributed by atoms with E-state index < -0.39 is 11.8 Å². The Labute approximate surface area is 197 Å². The van der Waals surface area contributed by atoms with Crippen LogP contribution in [0.25, 0.3) is 17.4 Å². The third-order valence-corrected chi connectivity index (χ3v) is 7.09. The van der Waals surface area contributed by atoms with Gasteiger partial charge in [0.2, 0.25) is 0 Å². The molecule has 2 aromatic heterocycles. The summed E-state index contributed by atoms with van der Waals surface area (Å²) < 4.78 is 6.74. The van der Waals surface area contributed by atoms with Crippen LogP contribution in [-0.4, -0.2) is 11.8 Å². The van der Waals surface area contributed by atoms with Crippen LogP contribution in [-0.2, 0) is 17.6 Å². The average Bonchev–Trinajstić information content (AvgIpc) is 3.36. The number of nitrogens with two attached hydrogens (primary N) is 1. The Morgan fingerprint density at radius 1 is 1.28 bits per heavy atom. The number of hydrogen-bond acceptors (Lipinski definition) is 5. The quantitative estimate of drug-likeness (QED) is 0.347. The number of primary amides is 1. The average molecular weight is 510 g/mol. The molecule has 1 aliphatic rings. The van der Waals surface area contributed by atoms with E-state index in [9.17, 15) is 14.9 Å². The number of anilines is 1. The molecule has 1 aliphatic carbocycles. The van der Waals surface area contributed by atoms with Crippen molar-refractivity contribution >= 4 is 50.2 Å². The molecular formula is C24H20BrN3O3S. The van der Waals surface area contributed by atoms with Gasteiger partial charge in [-0.3, -0.25) is 9.59 Å². The second-order valence-corrected chi connectivity index (χ2v) is 9.77. The largest absolute Gasteiger partial charge is 0.457 e. The van der Waals surface area contributed by atoms with Crippen molar-refractivity contribution in [2.24, 2.45) is 11.7 Å². The van der Waals surface area contributed by atoms with E-state index in [1.807, 2.05) is 30.3 Å². The van der Waals surface area contributed by atoms with Crippen molar-refractivity contribution in [3.05, 3.63) is 68.2 Å². The molecule has 0 saturated carbocycles. The van der Waals surface area contributed by atoms with Gasteiger partial charge in [-0.1, -0.05) is 35.0 Å². The lowest BCUT2D eigenvalue weighted by atomic mass is 9.88. The first-order chi connectivity index (χ1) is 15.4. The summed E-state index contributed by atoms with van der Waals surface area (Å²) in [4.78, 5) is 26.0. The SMILES string of the molecule is CC1CCc2c(sc(NC(=O)C(C#N)=Cc3ccc(-c4ccc(Br)cc4)o3)c2C(N)=O)C1. The standard InChI is InChI=1S/C24H20BrN3O3S/c1-13-2-8-18-20(10-13)32-24(21(18)22(27)29)28-23(30)15(12-26)11-17-7-9-19(31-17)14-3-5-16(25)6-4-14/h3-7,9,11,13H,2,8,10H2,1H3,(H2,27,29)(H,28,30). The Balaban J connectivity index is 1.58. The first-order valence-corrected chi connectivity index (χ1v) is 11.7. The highest BCUT2D eigenvalue weighted by atomic mass is 79.9. The van der Waals surface area contributed by atoms with Gasteiger partial charge in [0.05, 0.1) is 5.56 Å². The van der Waals surface area contributed by atoms with Gasteiger partial charge in [-0.2, -0.15) is 5.26 Å². The number of amides is 2. The van der Waals surface area contributed by atoms with Crippen LogP contribution < -0.4 is 11.1 Å². The molecule has 2 amide bonds. The molecule has 1 atom stereocenters. The van der Waals surface area contributed by atoms with E-state index in [2.05, 4.69) is 28.2 Å². The van der Waals surface area contributed by atoms with Gasteiger partial charge in [0.15, 0.2) is 0 Å². The van der Waals surface area contributed by atoms with E-state index >= 15 is 0 Å². The first-order valence-electron chi connectivity index (χ1n) is 10.1. The van der Waals surface area contributed by atoms with E-state index in [0.29, 0.717) is 28.0 Å². The van der Waals surface area contributed by atoms with E-state index in [0.717, 1.165) is 39.7 Å². The minimum atomic E-state index is -0.608. The third-order valence-electron chi connectivity index (χ3n) is 5.39. The number of benzene rings is 1. The van der Waals surface area contributed by atoms with Crippen LogP contribution in [0.15, 0.2) is 50.9 Å². The van der Waals surface area contributed by atoms with Crippen molar-refractivity contribution in [1.82, 2.24) is 0 Å². The van der Waals surface area contributed by atoms with Crippen LogP contribution >= 0.6 is 27.3 Å². The number of nitrogens with one attached hydrogen (secondary N) is 1. The Morgan fingerprint density at radius 2 is 2.03 bits per heavy atom. The second kappa shape index (κ2) is 9.15. The van der Waals surface area contributed by atoms with Crippen LogP contribution in [0.2, 0.25) is 0 Å². The van der Waals surface area contributed by atoms with Crippen molar-refractivity contribution in [1.29, 1.82) is 5.26 Å². The molecule has 3 aromatic rings. The highest BCUT2D eigenvalue weighted by molar-refractivity contribution is 9.10. The molecule has 0 saturated heterocycles. The van der Waals surface area contributed by atoms with Crippen molar-refractivity contribution in [2.75, 3.05) is 5.32 Å². The van der Waals surface area contributed by atoms with E-state index in [4.69, 9.17) is 10.2 Å². The fraction of sp³-hybridized carbons (Fsp3) is 0.208. The number of nitrogens with zero attached hydrogens (tertiary/aromatic N) is 1. The lowest BCUT2D eigenvalue weighted by Gasteiger charge is -2.18. The zero-order valence-electron chi connectivity index (χ0n) is 17.3. The summed E-state index contributed by atoms with van der Waals surface area (Å²) >= 11 is 4.76. The second-order valence-electron chi connectivity index (χ2n) is 7.75. The van der Waals surface area contributed by atoms with Gasteiger partial charge in [0.25, 0.3) is 11.8 Å². The van der Waals surface area contributed by atoms with Crippen LogP contribution in [0.1, 0.15) is 39.9 Å². The van der Waals surface area contributed by atoms with Crippen LogP contribution in [0.3, 0.4) is 0 Å². The van der Waals surface area contributed by atoms with E-state index in [-0.39, 0.29) is 5.57 Å². The number of fused-ring (bicyclic) bond motifs is 1. The van der Waals surface area contributed by atoms with Crippen molar-refractivity contribution in [3.63, 3.8) is 0 Å². The summed E-state index contributed by atoms with van der Waals surface area (Å²) in [5.41, 5.74) is 7.64. The summed E-state index contributed by atoms with van der Waals surface area (Å²) in [6, 6.07) is 13.0. The lowest BCUT2D eigenvalue weighted by molar-refractivity contribution is -0.112. The molecule has 0 bridgehead atoms. The molecule has 6 nitrogen and oxygen atoms in total. The molecule has 0 spiro atoms. The number of rotatable bonds is 5. The van der Waals surface area contributed by atoms with Gasteiger partial charge in [0, 0.05) is 21.0 Å². The Kier molecular flexibility index (Phi) is 6.31. The van der Waals surface area contributed by atoms with Crippen LogP contribution in [0, 0.1) is 17.2 Å². The molecule has 4 rings (SSSR count). The van der Waals surface area contributed by atoms with Crippen LogP contribution in [0.5, 0.6) is 0 Å². The Morgan fingerprint density at radius 3 is 2.72 bits per heavy atom. The van der Waals surface area contributed by atoms with Gasteiger partial charge in [-0.25, -0.2) is 0 Å². The third kappa shape index (κ3) is 4.54. The highest BCUT2D eigenvalue weighted by Crippen LogP contribution is 2.39. The number of carbonyl (C=O) groups excluding carboxylic acids is 2. The monoisotopic (exact) mass is 509 g/mol. The highest BCUT2D eigenvalue weighted by Gasteiger charge is 2.27. The number of carbonyl (C=O) groups is 2. The van der Waals surface area contributed by atoms with Crippen molar-refractivity contribution in [2.45, 2.75) is 26.2 Å².